The van der Waals surface area contributed by atoms with Crippen molar-refractivity contribution in [1.82, 2.24) is 0 Å². The third-order valence-electron chi connectivity index (χ3n) is 3.14. The summed E-state index contributed by atoms with van der Waals surface area (Å²) in [5.74, 6) is 0. The van der Waals surface area contributed by atoms with E-state index in [2.05, 4.69) is 36.4 Å². The lowest BCUT2D eigenvalue weighted by Gasteiger charge is -2.04. The summed E-state index contributed by atoms with van der Waals surface area (Å²) in [7, 11) is 0. The zero-order valence-corrected chi connectivity index (χ0v) is 10.5. The van der Waals surface area contributed by atoms with E-state index >= 15 is 0 Å². The van der Waals surface area contributed by atoms with Crippen LogP contribution in [-0.4, -0.2) is 0 Å². The fraction of sp³-hybridized carbons (Fsp3) is 0.235. The summed E-state index contributed by atoms with van der Waals surface area (Å²) >= 11 is 0. The van der Waals surface area contributed by atoms with E-state index in [1.54, 1.807) is 0 Å². The first-order valence-electron chi connectivity index (χ1n) is 6.42. The summed E-state index contributed by atoms with van der Waals surface area (Å²) in [5, 5.41) is 9.00. The normalized spacial score (nSPS) is 9.94. The maximum absolute atomic E-state index is 9.00. The minimum absolute atomic E-state index is 0.817. The van der Waals surface area contributed by atoms with Gasteiger partial charge in [0, 0.05) is 0 Å². The summed E-state index contributed by atoms with van der Waals surface area (Å²) in [4.78, 5) is 0. The van der Waals surface area contributed by atoms with E-state index in [1.165, 1.54) is 17.5 Å². The van der Waals surface area contributed by atoms with E-state index in [0.717, 1.165) is 24.8 Å². The maximum atomic E-state index is 9.00. The number of hydrogen-bond acceptors (Lipinski definition) is 1. The monoisotopic (exact) mass is 235 g/mol. The zero-order valence-electron chi connectivity index (χ0n) is 10.5. The van der Waals surface area contributed by atoms with Gasteiger partial charge in [0.15, 0.2) is 0 Å². The molecule has 2 aromatic rings. The fourth-order valence-electron chi connectivity index (χ4n) is 2.14. The molecular weight excluding hydrogens is 218 g/mol. The molecule has 2 aromatic carbocycles. The van der Waals surface area contributed by atoms with Crippen LogP contribution < -0.4 is 0 Å². The molecule has 18 heavy (non-hydrogen) atoms. The Morgan fingerprint density at radius 1 is 0.778 bits per heavy atom. The predicted octanol–water partition coefficient (Wildman–Crippen LogP) is 4.12. The first-order chi connectivity index (χ1) is 8.90. The molecule has 0 bridgehead atoms. The van der Waals surface area contributed by atoms with Crippen molar-refractivity contribution < 1.29 is 0 Å². The molecule has 0 aliphatic carbocycles. The highest BCUT2D eigenvalue weighted by molar-refractivity contribution is 5.37. The molecule has 0 fully saturated rings. The van der Waals surface area contributed by atoms with Crippen molar-refractivity contribution >= 4 is 0 Å². The lowest BCUT2D eigenvalue weighted by atomic mass is 10.0. The first kappa shape index (κ1) is 12.4. The molecule has 0 aromatic heterocycles. The second kappa shape index (κ2) is 6.61. The lowest BCUT2D eigenvalue weighted by molar-refractivity contribution is 0.733. The minimum Gasteiger partial charge on any atom is -0.192 e. The van der Waals surface area contributed by atoms with Gasteiger partial charge in [0.1, 0.15) is 0 Å². The number of unbranched alkanes of at least 4 members (excludes halogenated alkanes) is 1. The van der Waals surface area contributed by atoms with Crippen LogP contribution in [0, 0.1) is 11.3 Å². The molecule has 0 spiro atoms. The summed E-state index contributed by atoms with van der Waals surface area (Å²) in [6.45, 7) is 0. The molecule has 0 saturated heterocycles. The third kappa shape index (κ3) is 3.46. The Kier molecular flexibility index (Phi) is 4.55. The second-order valence-electron chi connectivity index (χ2n) is 4.46. The summed E-state index contributed by atoms with van der Waals surface area (Å²) < 4.78 is 0. The molecule has 2 rings (SSSR count). The van der Waals surface area contributed by atoms with Gasteiger partial charge in [0.05, 0.1) is 11.6 Å². The van der Waals surface area contributed by atoms with Gasteiger partial charge >= 0.3 is 0 Å². The molecule has 0 aliphatic rings. The number of nitrogens with zero attached hydrogens (tertiary/aromatic N) is 1. The molecule has 0 unspecified atom stereocenters. The van der Waals surface area contributed by atoms with Crippen molar-refractivity contribution in [2.24, 2.45) is 0 Å². The summed E-state index contributed by atoms with van der Waals surface area (Å²) in [6.07, 6.45) is 4.42. The molecule has 0 saturated carbocycles. The Balaban J connectivity index is 1.81. The second-order valence-corrected chi connectivity index (χ2v) is 4.46. The van der Waals surface area contributed by atoms with Gasteiger partial charge in [0.2, 0.25) is 0 Å². The van der Waals surface area contributed by atoms with Gasteiger partial charge in [-0.15, -0.1) is 0 Å². The molecule has 0 aliphatic heterocycles. The largest absolute Gasteiger partial charge is 0.192 e. The Hall–Kier alpha value is -2.07. The highest BCUT2D eigenvalue weighted by Gasteiger charge is 2.00. The lowest BCUT2D eigenvalue weighted by Crippen LogP contribution is -1.92. The Labute approximate surface area is 109 Å². The van der Waals surface area contributed by atoms with E-state index in [1.807, 2.05) is 24.3 Å². The van der Waals surface area contributed by atoms with Crippen LogP contribution in [0.4, 0.5) is 0 Å². The molecule has 0 N–H and O–H groups in total. The Morgan fingerprint density at radius 2 is 1.44 bits per heavy atom. The Bertz CT molecular complexity index is 523. The van der Waals surface area contributed by atoms with Crippen molar-refractivity contribution in [3.05, 3.63) is 71.3 Å². The van der Waals surface area contributed by atoms with Gasteiger partial charge in [-0.3, -0.25) is 0 Å². The van der Waals surface area contributed by atoms with Crippen molar-refractivity contribution in [3.63, 3.8) is 0 Å². The summed E-state index contributed by atoms with van der Waals surface area (Å²) in [6, 6.07) is 20.7. The van der Waals surface area contributed by atoms with Gasteiger partial charge in [-0.1, -0.05) is 48.5 Å². The van der Waals surface area contributed by atoms with Gasteiger partial charge in [-0.05, 0) is 42.9 Å². The van der Waals surface area contributed by atoms with Crippen molar-refractivity contribution in [2.75, 3.05) is 0 Å². The van der Waals surface area contributed by atoms with Crippen LogP contribution in [0.3, 0.4) is 0 Å². The minimum atomic E-state index is 0.817. The highest BCUT2D eigenvalue weighted by Crippen LogP contribution is 2.12. The van der Waals surface area contributed by atoms with E-state index in [4.69, 9.17) is 5.26 Å². The SMILES string of the molecule is N#Cc1ccccc1CCCCc1ccccc1. The van der Waals surface area contributed by atoms with Gasteiger partial charge < -0.3 is 0 Å². The van der Waals surface area contributed by atoms with Crippen LogP contribution >= 0.6 is 0 Å². The molecule has 0 heterocycles. The smallest absolute Gasteiger partial charge is 0.0994 e. The number of nitriles is 1. The van der Waals surface area contributed by atoms with E-state index in [0.29, 0.717) is 0 Å². The molecule has 0 radical (unpaired) electrons. The van der Waals surface area contributed by atoms with E-state index < -0.39 is 0 Å². The van der Waals surface area contributed by atoms with E-state index in [-0.39, 0.29) is 0 Å². The molecule has 1 nitrogen and oxygen atoms in total. The Morgan fingerprint density at radius 3 is 2.22 bits per heavy atom. The van der Waals surface area contributed by atoms with Crippen molar-refractivity contribution in [3.8, 4) is 6.07 Å². The number of hydrogen-bond donors (Lipinski definition) is 0. The maximum Gasteiger partial charge on any atom is 0.0994 e. The third-order valence-corrected chi connectivity index (χ3v) is 3.14. The summed E-state index contributed by atoms with van der Waals surface area (Å²) in [5.41, 5.74) is 3.39. The van der Waals surface area contributed by atoms with Crippen LogP contribution in [0.15, 0.2) is 54.6 Å². The number of aryl methyl sites for hydroxylation is 2. The van der Waals surface area contributed by atoms with Crippen LogP contribution in [0.5, 0.6) is 0 Å². The number of rotatable bonds is 5. The molecule has 1 heteroatoms. The van der Waals surface area contributed by atoms with Crippen LogP contribution in [0.1, 0.15) is 29.5 Å². The topological polar surface area (TPSA) is 23.8 Å². The average molecular weight is 235 g/mol. The van der Waals surface area contributed by atoms with Crippen molar-refractivity contribution in [1.29, 1.82) is 5.26 Å². The first-order valence-corrected chi connectivity index (χ1v) is 6.42. The van der Waals surface area contributed by atoms with Gasteiger partial charge in [-0.2, -0.15) is 5.26 Å². The van der Waals surface area contributed by atoms with Gasteiger partial charge in [-0.25, -0.2) is 0 Å². The molecule has 0 amide bonds. The quantitative estimate of drug-likeness (QED) is 0.715. The molecule has 0 atom stereocenters. The average Bonchev–Trinajstić information content (AvgIpc) is 2.45. The van der Waals surface area contributed by atoms with Crippen molar-refractivity contribution in [2.45, 2.75) is 25.7 Å². The van der Waals surface area contributed by atoms with Crippen LogP contribution in [0.25, 0.3) is 0 Å². The van der Waals surface area contributed by atoms with E-state index in [9.17, 15) is 0 Å². The van der Waals surface area contributed by atoms with Gasteiger partial charge in [0.25, 0.3) is 0 Å². The zero-order chi connectivity index (χ0) is 12.6. The molecular formula is C17H17N. The van der Waals surface area contributed by atoms with Crippen LogP contribution in [-0.2, 0) is 12.8 Å². The molecule has 90 valence electrons. The highest BCUT2D eigenvalue weighted by atomic mass is 14.2. The fourth-order valence-corrected chi connectivity index (χ4v) is 2.14. The predicted molar refractivity (Wildman–Crippen MR) is 74.2 cm³/mol. The number of benzene rings is 2. The standard InChI is InChI=1S/C17H17N/c18-14-17-13-7-6-12-16(17)11-5-4-10-15-8-2-1-3-9-15/h1-3,6-9,12-13H,4-5,10-11H2. The van der Waals surface area contributed by atoms with Crippen LogP contribution in [0.2, 0.25) is 0 Å².